The van der Waals surface area contributed by atoms with Gasteiger partial charge in [-0.15, -0.1) is 0 Å². The quantitative estimate of drug-likeness (QED) is 0.348. The molecule has 2 N–H and O–H groups in total. The summed E-state index contributed by atoms with van der Waals surface area (Å²) in [5, 5.41) is 4.34. The topological polar surface area (TPSA) is 79.8 Å². The highest BCUT2D eigenvalue weighted by molar-refractivity contribution is 7.99. The number of hydrogen-bond acceptors (Lipinski definition) is 4. The average molecular weight is 421 g/mol. The van der Waals surface area contributed by atoms with Crippen LogP contribution < -0.4 is 10.9 Å². The van der Waals surface area contributed by atoms with Crippen LogP contribution in [0.15, 0.2) is 64.5 Å². The van der Waals surface area contributed by atoms with Crippen molar-refractivity contribution in [3.05, 3.63) is 65.0 Å². The van der Waals surface area contributed by atoms with Crippen LogP contribution in [-0.4, -0.2) is 32.7 Å². The van der Waals surface area contributed by atoms with E-state index in [-0.39, 0.29) is 17.2 Å². The highest BCUT2D eigenvalue weighted by Gasteiger charge is 2.17. The molecular weight excluding hydrogens is 396 g/mol. The van der Waals surface area contributed by atoms with Gasteiger partial charge in [0.25, 0.3) is 5.56 Å². The zero-order valence-corrected chi connectivity index (χ0v) is 17.8. The highest BCUT2D eigenvalue weighted by Crippen LogP contribution is 2.26. The van der Waals surface area contributed by atoms with Crippen molar-refractivity contribution >= 4 is 39.6 Å². The smallest absolute Gasteiger partial charge is 0.283 e. The Morgan fingerprint density at radius 2 is 1.87 bits per heavy atom. The average Bonchev–Trinajstić information content (AvgIpc) is 3.12. The van der Waals surface area contributed by atoms with E-state index in [2.05, 4.69) is 24.1 Å². The number of nitrogens with zero attached hydrogens (tertiary/aromatic N) is 2. The van der Waals surface area contributed by atoms with Crippen molar-refractivity contribution < 1.29 is 4.79 Å². The summed E-state index contributed by atoms with van der Waals surface area (Å²) in [5.74, 6) is 0.672. The predicted octanol–water partition coefficient (Wildman–Crippen LogP) is 4.12. The third-order valence-corrected chi connectivity index (χ3v) is 5.82. The summed E-state index contributed by atoms with van der Waals surface area (Å²) < 4.78 is 1.57. The summed E-state index contributed by atoms with van der Waals surface area (Å²) in [7, 11) is 0. The molecule has 1 amide bonds. The van der Waals surface area contributed by atoms with Gasteiger partial charge in [0.15, 0.2) is 5.16 Å². The van der Waals surface area contributed by atoms with Gasteiger partial charge in [0, 0.05) is 17.4 Å². The minimum atomic E-state index is -0.176. The summed E-state index contributed by atoms with van der Waals surface area (Å²) in [5.41, 5.74) is 2.50. The van der Waals surface area contributed by atoms with Gasteiger partial charge >= 0.3 is 0 Å². The molecule has 0 fully saturated rings. The van der Waals surface area contributed by atoms with Gasteiger partial charge in [0.1, 0.15) is 11.0 Å². The Kier molecular flexibility index (Phi) is 5.90. The molecule has 0 saturated heterocycles. The van der Waals surface area contributed by atoms with E-state index < -0.39 is 0 Å². The number of nitrogens with one attached hydrogen (secondary N) is 2. The van der Waals surface area contributed by atoms with E-state index in [1.165, 1.54) is 11.8 Å². The predicted molar refractivity (Wildman–Crippen MR) is 122 cm³/mol. The zero-order chi connectivity index (χ0) is 21.1. The molecule has 154 valence electrons. The van der Waals surface area contributed by atoms with E-state index in [0.717, 1.165) is 23.0 Å². The molecule has 0 atom stereocenters. The molecule has 2 aromatic heterocycles. The molecule has 0 bridgehead atoms. The highest BCUT2D eigenvalue weighted by atomic mass is 32.2. The first kappa shape index (κ1) is 20.2. The number of aromatic nitrogens is 3. The fourth-order valence-electron chi connectivity index (χ4n) is 3.33. The maximum Gasteiger partial charge on any atom is 0.283 e. The molecule has 0 radical (unpaired) electrons. The number of rotatable bonds is 7. The maximum atomic E-state index is 13.4. The molecule has 7 heteroatoms. The van der Waals surface area contributed by atoms with Crippen LogP contribution in [-0.2, 0) is 4.79 Å². The molecule has 0 aliphatic rings. The first-order chi connectivity index (χ1) is 14.5. The van der Waals surface area contributed by atoms with E-state index in [1.807, 2.05) is 54.6 Å². The Labute approximate surface area is 178 Å². The zero-order valence-electron chi connectivity index (χ0n) is 17.0. The van der Waals surface area contributed by atoms with Crippen LogP contribution in [0.25, 0.3) is 27.6 Å². The molecule has 0 unspecified atom stereocenters. The summed E-state index contributed by atoms with van der Waals surface area (Å²) in [4.78, 5) is 33.7. The molecule has 0 spiro atoms. The van der Waals surface area contributed by atoms with E-state index >= 15 is 0 Å². The standard InChI is InChI=1S/C23H24N4O2S/c1-15(2)12-13-24-19(28)14-30-23-26-20-17-10-6-7-11-18(17)25-21(20)22(29)27(23)16-8-4-3-5-9-16/h3-11,15,25H,12-14H2,1-2H3,(H,24,28). The van der Waals surface area contributed by atoms with Crippen molar-refractivity contribution in [1.29, 1.82) is 0 Å². The molecule has 30 heavy (non-hydrogen) atoms. The van der Waals surface area contributed by atoms with Crippen molar-refractivity contribution in [3.63, 3.8) is 0 Å². The van der Waals surface area contributed by atoms with Gasteiger partial charge in [-0.2, -0.15) is 0 Å². The number of thioether (sulfide) groups is 1. The Balaban J connectivity index is 1.74. The normalized spacial score (nSPS) is 11.4. The Bertz CT molecular complexity index is 1240. The monoisotopic (exact) mass is 420 g/mol. The fraction of sp³-hybridized carbons (Fsp3) is 0.261. The SMILES string of the molecule is CC(C)CCNC(=O)CSc1nc2c([nH]c3ccccc32)c(=O)n1-c1ccccc1. The summed E-state index contributed by atoms with van der Waals surface area (Å²) in [6.07, 6.45) is 0.935. The van der Waals surface area contributed by atoms with Crippen LogP contribution in [0.4, 0.5) is 0 Å². The lowest BCUT2D eigenvalue weighted by Gasteiger charge is -2.12. The molecule has 4 aromatic rings. The van der Waals surface area contributed by atoms with Gasteiger partial charge in [0.2, 0.25) is 5.91 Å². The van der Waals surface area contributed by atoms with Crippen molar-refractivity contribution in [2.24, 2.45) is 5.92 Å². The number of fused-ring (bicyclic) bond motifs is 3. The summed E-state index contributed by atoms with van der Waals surface area (Å²) in [6.45, 7) is 4.90. The van der Waals surface area contributed by atoms with E-state index in [9.17, 15) is 9.59 Å². The lowest BCUT2D eigenvalue weighted by atomic mass is 10.1. The minimum absolute atomic E-state index is 0.0615. The van der Waals surface area contributed by atoms with E-state index in [1.54, 1.807) is 4.57 Å². The second-order valence-electron chi connectivity index (χ2n) is 7.59. The second kappa shape index (κ2) is 8.75. The third-order valence-electron chi connectivity index (χ3n) is 4.88. The van der Waals surface area contributed by atoms with Gasteiger partial charge in [-0.1, -0.05) is 62.0 Å². The van der Waals surface area contributed by atoms with Crippen LogP contribution in [0.2, 0.25) is 0 Å². The lowest BCUT2D eigenvalue weighted by molar-refractivity contribution is -0.118. The first-order valence-corrected chi connectivity index (χ1v) is 11.0. The molecule has 0 saturated carbocycles. The Morgan fingerprint density at radius 1 is 1.13 bits per heavy atom. The van der Waals surface area contributed by atoms with Gasteiger partial charge in [-0.3, -0.25) is 14.2 Å². The summed E-state index contributed by atoms with van der Waals surface area (Å²) in [6, 6.07) is 17.1. The Morgan fingerprint density at radius 3 is 2.63 bits per heavy atom. The second-order valence-corrected chi connectivity index (χ2v) is 8.53. The number of hydrogen-bond donors (Lipinski definition) is 2. The molecule has 2 heterocycles. The summed E-state index contributed by atoms with van der Waals surface area (Å²) >= 11 is 1.28. The van der Waals surface area contributed by atoms with Crippen LogP contribution in [0, 0.1) is 5.92 Å². The molecule has 0 aliphatic heterocycles. The van der Waals surface area contributed by atoms with Crippen LogP contribution in [0.3, 0.4) is 0 Å². The lowest BCUT2D eigenvalue weighted by Crippen LogP contribution is -2.28. The number of H-pyrrole nitrogens is 1. The van der Waals surface area contributed by atoms with Gasteiger partial charge in [-0.25, -0.2) is 4.98 Å². The van der Waals surface area contributed by atoms with Crippen LogP contribution >= 0.6 is 11.8 Å². The van der Waals surface area contributed by atoms with Crippen molar-refractivity contribution in [1.82, 2.24) is 19.9 Å². The van der Waals surface area contributed by atoms with Crippen LogP contribution in [0.1, 0.15) is 20.3 Å². The first-order valence-electron chi connectivity index (χ1n) is 10.0. The van der Waals surface area contributed by atoms with Gasteiger partial charge < -0.3 is 10.3 Å². The number of amides is 1. The molecule has 2 aromatic carbocycles. The number of carbonyl (C=O) groups is 1. The third kappa shape index (κ3) is 4.11. The van der Waals surface area contributed by atoms with E-state index in [0.29, 0.717) is 28.7 Å². The Hall–Kier alpha value is -3.06. The van der Waals surface area contributed by atoms with Crippen molar-refractivity contribution in [2.75, 3.05) is 12.3 Å². The fourth-order valence-corrected chi connectivity index (χ4v) is 4.16. The van der Waals surface area contributed by atoms with Crippen molar-refractivity contribution in [2.45, 2.75) is 25.4 Å². The molecule has 0 aliphatic carbocycles. The number of carbonyl (C=O) groups excluding carboxylic acids is 1. The largest absolute Gasteiger partial charge is 0.355 e. The number of benzene rings is 2. The van der Waals surface area contributed by atoms with Gasteiger partial charge in [-0.05, 0) is 30.5 Å². The number of para-hydroxylation sites is 2. The molecule has 6 nitrogen and oxygen atoms in total. The molecule has 4 rings (SSSR count). The van der Waals surface area contributed by atoms with Crippen LogP contribution in [0.5, 0.6) is 0 Å². The maximum absolute atomic E-state index is 13.4. The number of aromatic amines is 1. The van der Waals surface area contributed by atoms with Gasteiger partial charge in [0.05, 0.1) is 11.4 Å². The van der Waals surface area contributed by atoms with Crippen molar-refractivity contribution in [3.8, 4) is 5.69 Å². The van der Waals surface area contributed by atoms with E-state index in [4.69, 9.17) is 4.98 Å². The minimum Gasteiger partial charge on any atom is -0.355 e. The molecular formula is C23H24N4O2S.